The SMILES string of the molecule is CCOC(=O)C(OC[C@@H]1CCC(n2cnc3c(C)nc(Cl)nc32)O1)P(O)OC. The van der Waals surface area contributed by atoms with Gasteiger partial charge in [-0.25, -0.2) is 14.8 Å². The maximum Gasteiger partial charge on any atom is 0.344 e. The molecule has 1 N–H and O–H groups in total. The number of hydrogen-bond acceptors (Lipinski definition) is 9. The van der Waals surface area contributed by atoms with E-state index in [2.05, 4.69) is 15.0 Å². The lowest BCUT2D eigenvalue weighted by molar-refractivity contribution is -0.153. The molecule has 3 rings (SSSR count). The average Bonchev–Trinajstić information content (AvgIpc) is 3.28. The van der Waals surface area contributed by atoms with Gasteiger partial charge in [0.05, 0.1) is 31.3 Å². The number of aromatic nitrogens is 4. The summed E-state index contributed by atoms with van der Waals surface area (Å²) in [5.74, 6) is -1.83. The van der Waals surface area contributed by atoms with E-state index < -0.39 is 20.2 Å². The maximum absolute atomic E-state index is 12.0. The molecule has 1 fully saturated rings. The van der Waals surface area contributed by atoms with Crippen molar-refractivity contribution in [3.8, 4) is 0 Å². The van der Waals surface area contributed by atoms with Gasteiger partial charge in [0.2, 0.25) is 19.5 Å². The van der Waals surface area contributed by atoms with Gasteiger partial charge >= 0.3 is 5.97 Å². The largest absolute Gasteiger partial charge is 0.464 e. The van der Waals surface area contributed by atoms with E-state index in [1.165, 1.54) is 7.11 Å². The fraction of sp³-hybridized carbons (Fsp3) is 0.625. The van der Waals surface area contributed by atoms with Crippen molar-refractivity contribution in [2.75, 3.05) is 20.3 Å². The number of ether oxygens (including phenoxy) is 3. The van der Waals surface area contributed by atoms with Crippen molar-refractivity contribution in [2.45, 2.75) is 44.9 Å². The summed E-state index contributed by atoms with van der Waals surface area (Å²) in [5.41, 5.74) is 1.97. The quantitative estimate of drug-likeness (QED) is 0.381. The van der Waals surface area contributed by atoms with Crippen LogP contribution in [0.3, 0.4) is 0 Å². The Bertz CT molecular complexity index is 837. The van der Waals surface area contributed by atoms with Gasteiger partial charge in [0.1, 0.15) is 11.7 Å². The number of carbonyl (C=O) groups is 1. The molecule has 0 saturated carbocycles. The van der Waals surface area contributed by atoms with Crippen molar-refractivity contribution in [1.82, 2.24) is 19.5 Å². The molecule has 2 aromatic rings. The standard InChI is InChI=1S/C16H22ClN4O6P/c1-4-25-14(22)15(28(23)24-3)26-7-10-5-6-11(27-10)21-8-18-12-9(2)19-16(17)20-13(12)21/h8,10-11,15,23H,4-7H2,1-3H3/t10-,11?,15?,28?/m0/s1. The molecule has 0 spiro atoms. The van der Waals surface area contributed by atoms with Gasteiger partial charge in [0.15, 0.2) is 5.65 Å². The monoisotopic (exact) mass is 432 g/mol. The molecule has 0 amide bonds. The Morgan fingerprint density at radius 1 is 1.50 bits per heavy atom. The second-order valence-corrected chi connectivity index (χ2v) is 7.89. The Labute approximate surface area is 168 Å². The summed E-state index contributed by atoms with van der Waals surface area (Å²) in [6.45, 7) is 3.80. The van der Waals surface area contributed by atoms with Crippen molar-refractivity contribution in [3.05, 3.63) is 17.3 Å². The number of nitrogens with zero attached hydrogens (tertiary/aromatic N) is 4. The predicted octanol–water partition coefficient (Wildman–Crippen LogP) is 2.32. The van der Waals surface area contributed by atoms with Crippen molar-refractivity contribution in [2.24, 2.45) is 0 Å². The van der Waals surface area contributed by atoms with Crippen LogP contribution in [-0.4, -0.2) is 62.7 Å². The third-order valence-electron chi connectivity index (χ3n) is 4.28. The van der Waals surface area contributed by atoms with Gasteiger partial charge in [-0.3, -0.25) is 4.57 Å². The third kappa shape index (κ3) is 4.59. The maximum atomic E-state index is 12.0. The molecule has 0 bridgehead atoms. The van der Waals surface area contributed by atoms with Crippen molar-refractivity contribution >= 4 is 37.1 Å². The molecule has 4 atom stereocenters. The summed E-state index contributed by atoms with van der Waals surface area (Å²) < 4.78 is 23.2. The van der Waals surface area contributed by atoms with E-state index in [0.29, 0.717) is 29.7 Å². The summed E-state index contributed by atoms with van der Waals surface area (Å²) in [6.07, 6.45) is 2.51. The summed E-state index contributed by atoms with van der Waals surface area (Å²) in [6, 6.07) is 0. The normalized spacial score (nSPS) is 21.8. The molecule has 0 aliphatic carbocycles. The molecule has 154 valence electrons. The topological polar surface area (TPSA) is 118 Å². The van der Waals surface area contributed by atoms with Crippen molar-refractivity contribution < 1.29 is 28.4 Å². The highest BCUT2D eigenvalue weighted by atomic mass is 35.5. The number of rotatable bonds is 8. The first kappa shape index (κ1) is 21.3. The first-order valence-electron chi connectivity index (χ1n) is 8.77. The number of aryl methyl sites for hydroxylation is 1. The number of halogens is 1. The van der Waals surface area contributed by atoms with Crippen LogP contribution in [0.25, 0.3) is 11.2 Å². The van der Waals surface area contributed by atoms with Crippen molar-refractivity contribution in [1.29, 1.82) is 0 Å². The zero-order valence-corrected chi connectivity index (χ0v) is 17.4. The Morgan fingerprint density at radius 3 is 3.00 bits per heavy atom. The van der Waals surface area contributed by atoms with E-state index in [0.717, 1.165) is 0 Å². The fourth-order valence-electron chi connectivity index (χ4n) is 2.98. The van der Waals surface area contributed by atoms with Gasteiger partial charge in [0, 0.05) is 7.11 Å². The van der Waals surface area contributed by atoms with Gasteiger partial charge in [-0.1, -0.05) is 0 Å². The van der Waals surface area contributed by atoms with Gasteiger partial charge in [-0.05, 0) is 38.3 Å². The third-order valence-corrected chi connectivity index (χ3v) is 5.58. The predicted molar refractivity (Wildman–Crippen MR) is 101 cm³/mol. The first-order chi connectivity index (χ1) is 13.4. The minimum Gasteiger partial charge on any atom is -0.464 e. The smallest absolute Gasteiger partial charge is 0.344 e. The molecular weight excluding hydrogens is 411 g/mol. The second-order valence-electron chi connectivity index (χ2n) is 6.12. The number of fused-ring (bicyclic) bond motifs is 1. The number of imidazole rings is 1. The highest BCUT2D eigenvalue weighted by Crippen LogP contribution is 2.39. The van der Waals surface area contributed by atoms with Crippen LogP contribution in [0.5, 0.6) is 0 Å². The van der Waals surface area contributed by atoms with Crippen LogP contribution in [-0.2, 0) is 23.5 Å². The molecule has 0 aromatic carbocycles. The number of esters is 1. The van der Waals surface area contributed by atoms with Crippen LogP contribution >= 0.6 is 20.0 Å². The van der Waals surface area contributed by atoms with Gasteiger partial charge in [0.25, 0.3) is 0 Å². The molecule has 0 radical (unpaired) electrons. The minimum atomic E-state index is -2.09. The zero-order valence-electron chi connectivity index (χ0n) is 15.7. The summed E-state index contributed by atoms with van der Waals surface area (Å²) >= 11 is 5.97. The molecule has 3 heterocycles. The van der Waals surface area contributed by atoms with Crippen LogP contribution in [0.2, 0.25) is 5.28 Å². The summed E-state index contributed by atoms with van der Waals surface area (Å²) in [5, 5.41) is 0.151. The molecule has 12 heteroatoms. The fourth-order valence-corrected chi connectivity index (χ4v) is 3.85. The molecule has 10 nitrogen and oxygen atoms in total. The van der Waals surface area contributed by atoms with E-state index in [4.69, 9.17) is 30.3 Å². The molecule has 28 heavy (non-hydrogen) atoms. The van der Waals surface area contributed by atoms with Crippen LogP contribution in [0.1, 0.15) is 31.7 Å². The van der Waals surface area contributed by atoms with E-state index in [-0.39, 0.29) is 30.8 Å². The van der Waals surface area contributed by atoms with Gasteiger partial charge in [-0.15, -0.1) is 0 Å². The lowest BCUT2D eigenvalue weighted by Crippen LogP contribution is -2.29. The number of hydrogen-bond donors (Lipinski definition) is 1. The van der Waals surface area contributed by atoms with E-state index in [9.17, 15) is 9.69 Å². The molecule has 3 unspecified atom stereocenters. The van der Waals surface area contributed by atoms with Crippen LogP contribution in [0.15, 0.2) is 6.33 Å². The minimum absolute atomic E-state index is 0.115. The molecule has 1 aliphatic rings. The first-order valence-corrected chi connectivity index (χ1v) is 10.4. The second kappa shape index (κ2) is 9.39. The summed E-state index contributed by atoms with van der Waals surface area (Å²) in [4.78, 5) is 34.6. The Balaban J connectivity index is 1.65. The lowest BCUT2D eigenvalue weighted by Gasteiger charge is -2.21. The zero-order chi connectivity index (χ0) is 20.3. The summed E-state index contributed by atoms with van der Waals surface area (Å²) in [7, 11) is -0.782. The number of carbonyl (C=O) groups excluding carboxylic acids is 1. The molecule has 2 aromatic heterocycles. The van der Waals surface area contributed by atoms with Crippen LogP contribution in [0.4, 0.5) is 0 Å². The Hall–Kier alpha value is -1.42. The molecule has 1 saturated heterocycles. The highest BCUT2D eigenvalue weighted by Gasteiger charge is 2.34. The van der Waals surface area contributed by atoms with E-state index >= 15 is 0 Å². The average molecular weight is 433 g/mol. The lowest BCUT2D eigenvalue weighted by atomic mass is 10.2. The van der Waals surface area contributed by atoms with Crippen LogP contribution in [0, 0.1) is 6.92 Å². The highest BCUT2D eigenvalue weighted by molar-refractivity contribution is 7.47. The molecular formula is C16H22ClN4O6P. The van der Waals surface area contributed by atoms with E-state index in [1.807, 2.05) is 11.5 Å². The van der Waals surface area contributed by atoms with Crippen molar-refractivity contribution in [3.63, 3.8) is 0 Å². The Kier molecular flexibility index (Phi) is 7.14. The van der Waals surface area contributed by atoms with Gasteiger partial charge in [-0.2, -0.15) is 4.98 Å². The van der Waals surface area contributed by atoms with Crippen LogP contribution < -0.4 is 0 Å². The van der Waals surface area contributed by atoms with Gasteiger partial charge < -0.3 is 23.6 Å². The molecule has 1 aliphatic heterocycles. The van der Waals surface area contributed by atoms with E-state index in [1.54, 1.807) is 13.3 Å². The Morgan fingerprint density at radius 2 is 2.29 bits per heavy atom.